The maximum absolute atomic E-state index is 5.35. The summed E-state index contributed by atoms with van der Waals surface area (Å²) >= 11 is 1.78. The van der Waals surface area contributed by atoms with Crippen LogP contribution >= 0.6 is 11.3 Å². The topological polar surface area (TPSA) is 26.0 Å². The first kappa shape index (κ1) is 8.50. The zero-order chi connectivity index (χ0) is 8.10. The van der Waals surface area contributed by atoms with Gasteiger partial charge in [-0.05, 0) is 36.9 Å². The van der Waals surface area contributed by atoms with Gasteiger partial charge in [-0.25, -0.2) is 0 Å². The molecule has 60 valence electrons. The zero-order valence-electron chi connectivity index (χ0n) is 6.71. The number of hydrogen-bond acceptors (Lipinski definition) is 2. The third-order valence-corrected chi connectivity index (χ3v) is 2.27. The Morgan fingerprint density at radius 1 is 1.64 bits per heavy atom. The summed E-state index contributed by atoms with van der Waals surface area (Å²) in [5.74, 6) is 0. The zero-order valence-corrected chi connectivity index (χ0v) is 7.53. The molecule has 1 heterocycles. The van der Waals surface area contributed by atoms with Crippen LogP contribution in [0.3, 0.4) is 0 Å². The average Bonchev–Trinajstić information content (AvgIpc) is 2.37. The van der Waals surface area contributed by atoms with Crippen LogP contribution in [-0.4, -0.2) is 6.54 Å². The fourth-order valence-electron chi connectivity index (χ4n) is 0.867. The van der Waals surface area contributed by atoms with Crippen LogP contribution in [0.4, 0.5) is 0 Å². The maximum atomic E-state index is 5.35. The van der Waals surface area contributed by atoms with E-state index in [4.69, 9.17) is 5.73 Å². The van der Waals surface area contributed by atoms with Gasteiger partial charge in [0, 0.05) is 4.88 Å². The van der Waals surface area contributed by atoms with Crippen LogP contribution < -0.4 is 5.73 Å². The van der Waals surface area contributed by atoms with Crippen molar-refractivity contribution < 1.29 is 0 Å². The smallest absolute Gasteiger partial charge is 0.00203 e. The molecule has 0 unspecified atom stereocenters. The highest BCUT2D eigenvalue weighted by Crippen LogP contribution is 2.14. The van der Waals surface area contributed by atoms with Gasteiger partial charge in [-0.3, -0.25) is 0 Å². The van der Waals surface area contributed by atoms with Crippen LogP contribution in [0.2, 0.25) is 0 Å². The van der Waals surface area contributed by atoms with E-state index >= 15 is 0 Å². The lowest BCUT2D eigenvalue weighted by molar-refractivity contribution is 1.01. The third kappa shape index (κ3) is 2.87. The van der Waals surface area contributed by atoms with E-state index < -0.39 is 0 Å². The molecule has 0 bridgehead atoms. The van der Waals surface area contributed by atoms with E-state index in [0.29, 0.717) is 0 Å². The van der Waals surface area contributed by atoms with Gasteiger partial charge in [0.05, 0.1) is 0 Å². The van der Waals surface area contributed by atoms with Crippen molar-refractivity contribution in [3.63, 3.8) is 0 Å². The fraction of sp³-hybridized carbons (Fsp3) is 0.333. The molecule has 2 heteroatoms. The molecule has 2 N–H and O–H groups in total. The van der Waals surface area contributed by atoms with Crippen molar-refractivity contribution >= 4 is 17.4 Å². The van der Waals surface area contributed by atoms with Crippen LogP contribution in [0.25, 0.3) is 6.08 Å². The van der Waals surface area contributed by atoms with Crippen LogP contribution in [0.1, 0.15) is 16.9 Å². The molecule has 0 aliphatic carbocycles. The van der Waals surface area contributed by atoms with Crippen molar-refractivity contribution in [1.82, 2.24) is 0 Å². The van der Waals surface area contributed by atoms with Gasteiger partial charge in [-0.2, -0.15) is 0 Å². The molecule has 1 aromatic heterocycles. The molecule has 0 saturated carbocycles. The molecule has 0 saturated heterocycles. The Balaban J connectivity index is 2.50. The standard InChI is InChI=1S/C9H13NS/c1-8-6-9(7-11-8)4-2-3-5-10/h2,4,6-7H,3,5,10H2,1H3. The lowest BCUT2D eigenvalue weighted by atomic mass is 10.2. The third-order valence-electron chi connectivity index (χ3n) is 1.39. The second kappa shape index (κ2) is 4.31. The molecule has 11 heavy (non-hydrogen) atoms. The molecule has 0 aromatic carbocycles. The number of rotatable bonds is 3. The fourth-order valence-corrected chi connectivity index (χ4v) is 1.54. The van der Waals surface area contributed by atoms with Gasteiger partial charge in [0.15, 0.2) is 0 Å². The minimum Gasteiger partial charge on any atom is -0.330 e. The van der Waals surface area contributed by atoms with Gasteiger partial charge < -0.3 is 5.73 Å². The molecular weight excluding hydrogens is 154 g/mol. The van der Waals surface area contributed by atoms with Crippen LogP contribution in [0.15, 0.2) is 17.5 Å². The van der Waals surface area contributed by atoms with Gasteiger partial charge in [-0.1, -0.05) is 12.2 Å². The lowest BCUT2D eigenvalue weighted by Gasteiger charge is -1.83. The summed E-state index contributed by atoms with van der Waals surface area (Å²) in [7, 11) is 0. The van der Waals surface area contributed by atoms with E-state index in [-0.39, 0.29) is 0 Å². The highest BCUT2D eigenvalue weighted by Gasteiger charge is 1.88. The maximum Gasteiger partial charge on any atom is 0.00203 e. The monoisotopic (exact) mass is 167 g/mol. The molecule has 0 aliphatic heterocycles. The second-order valence-corrected chi connectivity index (χ2v) is 3.59. The Labute approximate surface area is 71.5 Å². The largest absolute Gasteiger partial charge is 0.330 e. The summed E-state index contributed by atoms with van der Waals surface area (Å²) in [6, 6.07) is 2.18. The molecule has 1 rings (SSSR count). The molecule has 0 amide bonds. The number of hydrogen-bond donors (Lipinski definition) is 1. The Kier molecular flexibility index (Phi) is 3.33. The molecule has 0 radical (unpaired) electrons. The molecule has 0 spiro atoms. The predicted octanol–water partition coefficient (Wildman–Crippen LogP) is 2.42. The molecule has 1 nitrogen and oxygen atoms in total. The van der Waals surface area contributed by atoms with Gasteiger partial charge in [0.25, 0.3) is 0 Å². The Morgan fingerprint density at radius 3 is 3.00 bits per heavy atom. The van der Waals surface area contributed by atoms with Crippen LogP contribution in [-0.2, 0) is 0 Å². The quantitative estimate of drug-likeness (QED) is 0.735. The van der Waals surface area contributed by atoms with Crippen molar-refractivity contribution in [2.24, 2.45) is 5.73 Å². The Bertz CT molecular complexity index is 237. The molecule has 0 fully saturated rings. The number of nitrogens with two attached hydrogens (primary N) is 1. The number of aryl methyl sites for hydroxylation is 1. The van der Waals surface area contributed by atoms with Gasteiger partial charge in [0.1, 0.15) is 0 Å². The van der Waals surface area contributed by atoms with E-state index in [9.17, 15) is 0 Å². The predicted molar refractivity (Wildman–Crippen MR) is 51.8 cm³/mol. The van der Waals surface area contributed by atoms with Crippen molar-refractivity contribution in [1.29, 1.82) is 0 Å². The van der Waals surface area contributed by atoms with E-state index in [0.717, 1.165) is 13.0 Å². The average molecular weight is 167 g/mol. The summed E-state index contributed by atoms with van der Waals surface area (Å²) in [6.07, 6.45) is 5.20. The first-order chi connectivity index (χ1) is 5.33. The van der Waals surface area contributed by atoms with E-state index in [2.05, 4.69) is 30.5 Å². The van der Waals surface area contributed by atoms with Crippen molar-refractivity contribution in [2.45, 2.75) is 13.3 Å². The first-order valence-corrected chi connectivity index (χ1v) is 4.62. The summed E-state index contributed by atoms with van der Waals surface area (Å²) in [4.78, 5) is 1.36. The molecular formula is C9H13NS. The van der Waals surface area contributed by atoms with E-state index in [1.165, 1.54) is 10.4 Å². The van der Waals surface area contributed by atoms with E-state index in [1.54, 1.807) is 11.3 Å². The minimum absolute atomic E-state index is 0.736. The Morgan fingerprint density at radius 2 is 2.45 bits per heavy atom. The number of thiophene rings is 1. The lowest BCUT2D eigenvalue weighted by Crippen LogP contribution is -1.94. The summed E-state index contributed by atoms with van der Waals surface area (Å²) in [5, 5.41) is 2.16. The molecule has 0 aliphatic rings. The van der Waals surface area contributed by atoms with Crippen molar-refractivity contribution in [3.8, 4) is 0 Å². The molecule has 1 aromatic rings. The summed E-state index contributed by atoms with van der Waals surface area (Å²) < 4.78 is 0. The first-order valence-electron chi connectivity index (χ1n) is 3.74. The highest BCUT2D eigenvalue weighted by atomic mass is 32.1. The minimum atomic E-state index is 0.736. The summed E-state index contributed by atoms with van der Waals surface area (Å²) in [5.41, 5.74) is 6.64. The van der Waals surface area contributed by atoms with E-state index in [1.807, 2.05) is 0 Å². The normalized spacial score (nSPS) is 11.1. The SMILES string of the molecule is Cc1cc(C=CCCN)cs1. The second-order valence-electron chi connectivity index (χ2n) is 2.47. The highest BCUT2D eigenvalue weighted by molar-refractivity contribution is 7.10. The van der Waals surface area contributed by atoms with Gasteiger partial charge in [0.2, 0.25) is 0 Å². The van der Waals surface area contributed by atoms with Crippen LogP contribution in [0.5, 0.6) is 0 Å². The molecule has 0 atom stereocenters. The summed E-state index contributed by atoms with van der Waals surface area (Å²) in [6.45, 7) is 2.85. The van der Waals surface area contributed by atoms with Crippen molar-refractivity contribution in [2.75, 3.05) is 6.54 Å². The van der Waals surface area contributed by atoms with Crippen LogP contribution in [0, 0.1) is 6.92 Å². The Hall–Kier alpha value is -0.600. The van der Waals surface area contributed by atoms with Gasteiger partial charge in [-0.15, -0.1) is 11.3 Å². The van der Waals surface area contributed by atoms with Gasteiger partial charge >= 0.3 is 0 Å². The van der Waals surface area contributed by atoms with Crippen molar-refractivity contribution in [3.05, 3.63) is 28.0 Å².